The van der Waals surface area contributed by atoms with E-state index in [-0.39, 0.29) is 29.4 Å². The fourth-order valence-corrected chi connectivity index (χ4v) is 5.52. The van der Waals surface area contributed by atoms with Crippen LogP contribution >= 0.6 is 0 Å². The number of rotatable bonds is 2. The zero-order valence-corrected chi connectivity index (χ0v) is 17.9. The van der Waals surface area contributed by atoms with Crippen LogP contribution < -0.4 is 9.47 Å². The Bertz CT molecular complexity index is 907. The van der Waals surface area contributed by atoms with Crippen molar-refractivity contribution in [3.63, 3.8) is 0 Å². The first-order chi connectivity index (χ1) is 13.7. The fourth-order valence-electron chi connectivity index (χ4n) is 5.52. The highest BCUT2D eigenvalue weighted by molar-refractivity contribution is 5.73. The lowest BCUT2D eigenvalue weighted by Gasteiger charge is -2.53. The van der Waals surface area contributed by atoms with E-state index in [0.717, 1.165) is 29.7 Å². The van der Waals surface area contributed by atoms with Gasteiger partial charge in [0.05, 0.1) is 0 Å². The topological polar surface area (TPSA) is 65.1 Å². The van der Waals surface area contributed by atoms with Crippen LogP contribution in [0.4, 0.5) is 0 Å². The van der Waals surface area contributed by atoms with Crippen molar-refractivity contribution in [3.8, 4) is 11.5 Å². The maximum absolute atomic E-state index is 11.8. The van der Waals surface area contributed by atoms with Crippen LogP contribution in [0.3, 0.4) is 0 Å². The van der Waals surface area contributed by atoms with E-state index in [1.165, 1.54) is 13.8 Å². The summed E-state index contributed by atoms with van der Waals surface area (Å²) in [6.45, 7) is 10.1. The molecule has 6 nitrogen and oxygen atoms in total. The van der Waals surface area contributed by atoms with Crippen LogP contribution in [0.5, 0.6) is 11.5 Å². The molecule has 1 spiro atoms. The minimum atomic E-state index is -0.475. The van der Waals surface area contributed by atoms with E-state index in [0.29, 0.717) is 17.5 Å². The SMILES string of the molecule is CC(=O)Oc1cc(C)c(C)c2c1O[C@H]1[C@@H](OC(C)=O)C=CC3[C@@H](C)N(C)CC[C@@]231. The van der Waals surface area contributed by atoms with Crippen molar-refractivity contribution in [1.29, 1.82) is 0 Å². The molecule has 5 atom stereocenters. The lowest BCUT2D eigenvalue weighted by molar-refractivity contribution is -0.151. The Balaban J connectivity index is 1.95. The van der Waals surface area contributed by atoms with Crippen molar-refractivity contribution in [1.82, 2.24) is 4.90 Å². The molecule has 0 amide bonds. The number of fused-ring (bicyclic) bond motifs is 1. The Morgan fingerprint density at radius 1 is 1.21 bits per heavy atom. The molecular formula is C23H29NO5. The summed E-state index contributed by atoms with van der Waals surface area (Å²) in [7, 11) is 2.14. The largest absolute Gasteiger partial charge is 0.481 e. The average Bonchev–Trinajstić information content (AvgIpc) is 2.98. The number of piperidine rings is 1. The smallest absolute Gasteiger partial charge is 0.308 e. The van der Waals surface area contributed by atoms with Crippen molar-refractivity contribution in [2.24, 2.45) is 5.92 Å². The number of likely N-dealkylation sites (tertiary alicyclic amines) is 1. The van der Waals surface area contributed by atoms with Gasteiger partial charge in [-0.15, -0.1) is 0 Å². The van der Waals surface area contributed by atoms with Gasteiger partial charge in [-0.2, -0.15) is 0 Å². The third-order valence-electron chi connectivity index (χ3n) is 7.03. The van der Waals surface area contributed by atoms with Crippen LogP contribution in [0, 0.1) is 19.8 Å². The molecule has 2 aliphatic heterocycles. The van der Waals surface area contributed by atoms with Crippen LogP contribution in [0.15, 0.2) is 18.2 Å². The Kier molecular flexibility index (Phi) is 4.73. The highest BCUT2D eigenvalue weighted by Gasteiger charge is 2.62. The van der Waals surface area contributed by atoms with Crippen LogP contribution in [-0.2, 0) is 19.7 Å². The molecule has 2 heterocycles. The molecule has 1 aromatic rings. The summed E-state index contributed by atoms with van der Waals surface area (Å²) in [5, 5.41) is 0. The van der Waals surface area contributed by atoms with Gasteiger partial charge in [0.2, 0.25) is 0 Å². The lowest BCUT2D eigenvalue weighted by atomic mass is 9.57. The summed E-state index contributed by atoms with van der Waals surface area (Å²) in [5.41, 5.74) is 2.98. The van der Waals surface area contributed by atoms with Crippen LogP contribution in [-0.4, -0.2) is 48.7 Å². The molecule has 1 aromatic carbocycles. The quantitative estimate of drug-likeness (QED) is 0.433. The normalized spacial score (nSPS) is 32.6. The molecule has 0 N–H and O–H groups in total. The predicted molar refractivity (Wildman–Crippen MR) is 108 cm³/mol. The van der Waals surface area contributed by atoms with E-state index in [1.807, 2.05) is 19.1 Å². The number of benzene rings is 1. The van der Waals surface area contributed by atoms with Crippen molar-refractivity contribution in [3.05, 3.63) is 34.9 Å². The summed E-state index contributed by atoms with van der Waals surface area (Å²) in [5.74, 6) is 0.559. The lowest BCUT2D eigenvalue weighted by Crippen LogP contribution is -2.62. The minimum absolute atomic E-state index is 0.199. The highest BCUT2D eigenvalue weighted by atomic mass is 16.6. The van der Waals surface area contributed by atoms with Crippen molar-refractivity contribution < 1.29 is 23.8 Å². The van der Waals surface area contributed by atoms with Gasteiger partial charge in [0.15, 0.2) is 17.6 Å². The predicted octanol–water partition coefficient (Wildman–Crippen LogP) is 3.07. The zero-order valence-electron chi connectivity index (χ0n) is 17.9. The number of hydrogen-bond donors (Lipinski definition) is 0. The molecule has 3 aliphatic rings. The number of hydrogen-bond acceptors (Lipinski definition) is 6. The third-order valence-corrected chi connectivity index (χ3v) is 7.03. The monoisotopic (exact) mass is 399 g/mol. The van der Waals surface area contributed by atoms with E-state index in [4.69, 9.17) is 14.2 Å². The number of carbonyl (C=O) groups is 2. The number of nitrogens with zero attached hydrogens (tertiary/aromatic N) is 1. The van der Waals surface area contributed by atoms with Gasteiger partial charge >= 0.3 is 11.9 Å². The van der Waals surface area contributed by atoms with Crippen molar-refractivity contribution in [2.75, 3.05) is 13.6 Å². The molecule has 1 unspecified atom stereocenters. The van der Waals surface area contributed by atoms with Crippen LogP contribution in [0.1, 0.15) is 43.9 Å². The first-order valence-electron chi connectivity index (χ1n) is 10.2. The minimum Gasteiger partial charge on any atom is -0.481 e. The summed E-state index contributed by atoms with van der Waals surface area (Å²) in [4.78, 5) is 25.9. The first kappa shape index (κ1) is 20.0. The Hall–Kier alpha value is -2.34. The van der Waals surface area contributed by atoms with Gasteiger partial charge in [-0.3, -0.25) is 9.59 Å². The van der Waals surface area contributed by atoms with Gasteiger partial charge in [-0.25, -0.2) is 0 Å². The summed E-state index contributed by atoms with van der Waals surface area (Å²) < 4.78 is 17.7. The van der Waals surface area contributed by atoms with Gasteiger partial charge < -0.3 is 19.1 Å². The highest BCUT2D eigenvalue weighted by Crippen LogP contribution is 2.60. The van der Waals surface area contributed by atoms with Gasteiger partial charge in [0.25, 0.3) is 0 Å². The van der Waals surface area contributed by atoms with Crippen LogP contribution in [0.25, 0.3) is 0 Å². The summed E-state index contributed by atoms with van der Waals surface area (Å²) >= 11 is 0. The Morgan fingerprint density at radius 3 is 2.59 bits per heavy atom. The molecule has 4 rings (SSSR count). The maximum Gasteiger partial charge on any atom is 0.308 e. The van der Waals surface area contributed by atoms with E-state index in [9.17, 15) is 9.59 Å². The van der Waals surface area contributed by atoms with E-state index < -0.39 is 6.10 Å². The Labute approximate surface area is 171 Å². The van der Waals surface area contributed by atoms with Gasteiger partial charge in [0.1, 0.15) is 6.10 Å². The van der Waals surface area contributed by atoms with E-state index >= 15 is 0 Å². The Morgan fingerprint density at radius 2 is 1.93 bits per heavy atom. The fraction of sp³-hybridized carbons (Fsp3) is 0.565. The van der Waals surface area contributed by atoms with Gasteiger partial charge in [0, 0.05) is 36.8 Å². The number of esters is 2. The second-order valence-corrected chi connectivity index (χ2v) is 8.65. The maximum atomic E-state index is 11.8. The molecule has 0 saturated carbocycles. The first-order valence-corrected chi connectivity index (χ1v) is 10.2. The molecule has 1 saturated heterocycles. The molecule has 0 aromatic heterocycles. The number of aryl methyl sites for hydroxylation is 1. The third kappa shape index (κ3) is 2.88. The molecule has 1 aliphatic carbocycles. The number of ether oxygens (including phenoxy) is 3. The summed E-state index contributed by atoms with van der Waals surface area (Å²) in [6, 6.07) is 2.16. The molecular weight excluding hydrogens is 370 g/mol. The van der Waals surface area contributed by atoms with E-state index in [1.54, 1.807) is 0 Å². The molecule has 6 heteroatoms. The molecule has 0 radical (unpaired) electrons. The molecule has 0 bridgehead atoms. The second-order valence-electron chi connectivity index (χ2n) is 8.65. The molecule has 156 valence electrons. The standard InChI is InChI=1S/C23H29NO5/c1-12-11-19(28-16(5)26)21-20(13(12)2)23-9-10-24(6)14(3)17(23)7-8-18(22(23)29-21)27-15(4)25/h7-8,11,14,17-18,22H,9-10H2,1-6H3/t14-,17?,18+,22+,23+/m1/s1. The summed E-state index contributed by atoms with van der Waals surface area (Å²) in [6.07, 6.45) is 4.21. The van der Waals surface area contributed by atoms with Crippen molar-refractivity contribution in [2.45, 2.75) is 64.7 Å². The van der Waals surface area contributed by atoms with Crippen LogP contribution in [0.2, 0.25) is 0 Å². The molecule has 29 heavy (non-hydrogen) atoms. The zero-order chi connectivity index (χ0) is 21.1. The second kappa shape index (κ2) is 6.87. The van der Waals surface area contributed by atoms with Crippen molar-refractivity contribution >= 4 is 11.9 Å². The average molecular weight is 399 g/mol. The van der Waals surface area contributed by atoms with Gasteiger partial charge in [-0.1, -0.05) is 6.08 Å². The number of carbonyl (C=O) groups excluding carboxylic acids is 2. The van der Waals surface area contributed by atoms with E-state index in [2.05, 4.69) is 31.9 Å². The molecule has 1 fully saturated rings. The van der Waals surface area contributed by atoms with Gasteiger partial charge in [-0.05, 0) is 64.1 Å².